The first-order valence-electron chi connectivity index (χ1n) is 5.51. The van der Waals surface area contributed by atoms with Crippen LogP contribution in [0, 0.1) is 12.7 Å². The van der Waals surface area contributed by atoms with Crippen molar-refractivity contribution in [3.63, 3.8) is 0 Å². The van der Waals surface area contributed by atoms with Crippen LogP contribution in [0.2, 0.25) is 0 Å². The van der Waals surface area contributed by atoms with Crippen LogP contribution in [0.15, 0.2) is 40.9 Å². The fourth-order valence-corrected chi connectivity index (χ4v) is 2.00. The van der Waals surface area contributed by atoms with Crippen molar-refractivity contribution < 1.29 is 9.13 Å². The second kappa shape index (κ2) is 5.67. The average molecular weight is 340 g/mol. The first-order chi connectivity index (χ1) is 8.97. The van der Waals surface area contributed by atoms with Crippen LogP contribution >= 0.6 is 28.1 Å². The van der Waals surface area contributed by atoms with E-state index in [1.807, 2.05) is 19.1 Å². The second-order valence-corrected chi connectivity index (χ2v) is 5.34. The molecule has 19 heavy (non-hydrogen) atoms. The maximum atomic E-state index is 13.4. The van der Waals surface area contributed by atoms with Crippen LogP contribution in [-0.4, -0.2) is 4.99 Å². The third-order valence-electron chi connectivity index (χ3n) is 2.52. The molecular formula is C14H11BrFNOS. The fourth-order valence-electron chi connectivity index (χ4n) is 1.58. The molecule has 0 saturated heterocycles. The molecule has 0 aromatic heterocycles. The SMILES string of the molecule is Cc1ccc(C(N)=S)c(Oc2ccc(Br)c(F)c2)c1. The summed E-state index contributed by atoms with van der Waals surface area (Å²) in [5.41, 5.74) is 7.28. The van der Waals surface area contributed by atoms with E-state index < -0.39 is 0 Å². The number of nitrogens with two attached hydrogens (primary N) is 1. The molecule has 0 fully saturated rings. The van der Waals surface area contributed by atoms with Crippen LogP contribution in [0.4, 0.5) is 4.39 Å². The van der Waals surface area contributed by atoms with Gasteiger partial charge in [-0.25, -0.2) is 4.39 Å². The smallest absolute Gasteiger partial charge is 0.141 e. The van der Waals surface area contributed by atoms with Crippen molar-refractivity contribution in [2.45, 2.75) is 6.92 Å². The molecule has 0 atom stereocenters. The van der Waals surface area contributed by atoms with E-state index in [2.05, 4.69) is 15.9 Å². The van der Waals surface area contributed by atoms with Crippen molar-refractivity contribution in [3.8, 4) is 11.5 Å². The van der Waals surface area contributed by atoms with E-state index in [0.29, 0.717) is 21.5 Å². The van der Waals surface area contributed by atoms with Crippen LogP contribution in [0.25, 0.3) is 0 Å². The Morgan fingerprint density at radius 2 is 2.00 bits per heavy atom. The molecule has 0 aliphatic carbocycles. The monoisotopic (exact) mass is 339 g/mol. The van der Waals surface area contributed by atoms with Gasteiger partial charge < -0.3 is 10.5 Å². The molecule has 0 unspecified atom stereocenters. The minimum absolute atomic E-state index is 0.243. The van der Waals surface area contributed by atoms with Gasteiger partial charge >= 0.3 is 0 Å². The first-order valence-corrected chi connectivity index (χ1v) is 6.71. The van der Waals surface area contributed by atoms with Gasteiger partial charge in [-0.15, -0.1) is 0 Å². The summed E-state index contributed by atoms with van der Waals surface area (Å²) in [4.78, 5) is 0.243. The van der Waals surface area contributed by atoms with Gasteiger partial charge in [0.1, 0.15) is 22.3 Å². The van der Waals surface area contributed by atoms with E-state index in [1.54, 1.807) is 18.2 Å². The molecular weight excluding hydrogens is 329 g/mol. The number of ether oxygens (including phenoxy) is 1. The summed E-state index contributed by atoms with van der Waals surface area (Å²) in [7, 11) is 0. The lowest BCUT2D eigenvalue weighted by Gasteiger charge is -2.11. The first kappa shape index (κ1) is 14.0. The summed E-state index contributed by atoms with van der Waals surface area (Å²) in [6.07, 6.45) is 0. The van der Waals surface area contributed by atoms with Gasteiger partial charge in [0.2, 0.25) is 0 Å². The highest BCUT2D eigenvalue weighted by Gasteiger charge is 2.09. The molecule has 0 bridgehead atoms. The highest BCUT2D eigenvalue weighted by atomic mass is 79.9. The molecule has 5 heteroatoms. The number of thiocarbonyl (C=S) groups is 1. The summed E-state index contributed by atoms with van der Waals surface area (Å²) >= 11 is 8.06. The maximum absolute atomic E-state index is 13.4. The molecule has 2 rings (SSSR count). The van der Waals surface area contributed by atoms with Crippen LogP contribution < -0.4 is 10.5 Å². The largest absolute Gasteiger partial charge is 0.457 e. The molecule has 0 heterocycles. The van der Waals surface area contributed by atoms with Gasteiger partial charge in [-0.1, -0.05) is 18.3 Å². The van der Waals surface area contributed by atoms with Crippen LogP contribution in [0.3, 0.4) is 0 Å². The summed E-state index contributed by atoms with van der Waals surface area (Å²) in [5.74, 6) is 0.528. The second-order valence-electron chi connectivity index (χ2n) is 4.04. The van der Waals surface area contributed by atoms with Crippen LogP contribution in [-0.2, 0) is 0 Å². The Kier molecular flexibility index (Phi) is 4.17. The van der Waals surface area contributed by atoms with Gasteiger partial charge in [0.25, 0.3) is 0 Å². The topological polar surface area (TPSA) is 35.2 Å². The number of benzene rings is 2. The van der Waals surface area contributed by atoms with Crippen molar-refractivity contribution in [1.82, 2.24) is 0 Å². The third kappa shape index (κ3) is 3.30. The zero-order chi connectivity index (χ0) is 14.0. The van der Waals surface area contributed by atoms with Crippen molar-refractivity contribution in [2.24, 2.45) is 5.73 Å². The predicted octanol–water partition coefficient (Wildman–Crippen LogP) is 4.32. The van der Waals surface area contributed by atoms with Crippen molar-refractivity contribution in [1.29, 1.82) is 0 Å². The maximum Gasteiger partial charge on any atom is 0.141 e. The van der Waals surface area contributed by atoms with Crippen LogP contribution in [0.1, 0.15) is 11.1 Å². The van der Waals surface area contributed by atoms with E-state index in [1.165, 1.54) is 6.07 Å². The normalized spacial score (nSPS) is 10.3. The summed E-state index contributed by atoms with van der Waals surface area (Å²) in [6, 6.07) is 10.1. The zero-order valence-corrected chi connectivity index (χ0v) is 12.5. The molecule has 0 radical (unpaired) electrons. The average Bonchev–Trinajstić information content (AvgIpc) is 2.33. The Labute approximate surface area is 124 Å². The molecule has 0 amide bonds. The molecule has 0 spiro atoms. The van der Waals surface area contributed by atoms with E-state index >= 15 is 0 Å². The quantitative estimate of drug-likeness (QED) is 0.845. The van der Waals surface area contributed by atoms with Gasteiger partial charge in [-0.2, -0.15) is 0 Å². The Hall–Kier alpha value is -1.46. The van der Waals surface area contributed by atoms with Gasteiger partial charge in [0.15, 0.2) is 0 Å². The Balaban J connectivity index is 2.39. The van der Waals surface area contributed by atoms with Crippen molar-refractivity contribution in [2.75, 3.05) is 0 Å². The molecule has 2 N–H and O–H groups in total. The summed E-state index contributed by atoms with van der Waals surface area (Å²) in [5, 5.41) is 0. The molecule has 2 nitrogen and oxygen atoms in total. The Morgan fingerprint density at radius 3 is 2.63 bits per heavy atom. The summed E-state index contributed by atoms with van der Waals surface area (Å²) < 4.78 is 19.5. The summed E-state index contributed by atoms with van der Waals surface area (Å²) in [6.45, 7) is 1.93. The number of halogens is 2. The van der Waals surface area contributed by atoms with E-state index in [4.69, 9.17) is 22.7 Å². The number of hydrogen-bond acceptors (Lipinski definition) is 2. The minimum atomic E-state index is -0.387. The van der Waals surface area contributed by atoms with Gasteiger partial charge in [-0.3, -0.25) is 0 Å². The van der Waals surface area contributed by atoms with Crippen molar-refractivity contribution in [3.05, 3.63) is 57.8 Å². The van der Waals surface area contributed by atoms with Crippen molar-refractivity contribution >= 4 is 33.1 Å². The zero-order valence-electron chi connectivity index (χ0n) is 10.1. The molecule has 0 aliphatic rings. The van der Waals surface area contributed by atoms with E-state index in [0.717, 1.165) is 5.56 Å². The standard InChI is InChI=1S/C14H11BrFNOS/c1-8-2-4-10(14(17)19)13(6-8)18-9-3-5-11(15)12(16)7-9/h2-7H,1H3,(H2,17,19). The Bertz CT molecular complexity index is 645. The minimum Gasteiger partial charge on any atom is -0.457 e. The number of hydrogen-bond donors (Lipinski definition) is 1. The van der Waals surface area contributed by atoms with Gasteiger partial charge in [-0.05, 0) is 52.7 Å². The lowest BCUT2D eigenvalue weighted by Crippen LogP contribution is -2.10. The van der Waals surface area contributed by atoms with Gasteiger partial charge in [0.05, 0.1) is 10.0 Å². The molecule has 2 aromatic rings. The number of aryl methyl sites for hydroxylation is 1. The predicted molar refractivity (Wildman–Crippen MR) is 81.2 cm³/mol. The van der Waals surface area contributed by atoms with Gasteiger partial charge in [0, 0.05) is 6.07 Å². The Morgan fingerprint density at radius 1 is 1.26 bits per heavy atom. The molecule has 2 aromatic carbocycles. The number of rotatable bonds is 3. The van der Waals surface area contributed by atoms with E-state index in [-0.39, 0.29) is 10.8 Å². The highest BCUT2D eigenvalue weighted by Crippen LogP contribution is 2.29. The lowest BCUT2D eigenvalue weighted by atomic mass is 10.1. The third-order valence-corrected chi connectivity index (χ3v) is 3.38. The molecule has 98 valence electrons. The van der Waals surface area contributed by atoms with E-state index in [9.17, 15) is 4.39 Å². The fraction of sp³-hybridized carbons (Fsp3) is 0.0714. The molecule has 0 saturated carbocycles. The lowest BCUT2D eigenvalue weighted by molar-refractivity contribution is 0.475. The van der Waals surface area contributed by atoms with Crippen LogP contribution in [0.5, 0.6) is 11.5 Å². The molecule has 0 aliphatic heterocycles. The highest BCUT2D eigenvalue weighted by molar-refractivity contribution is 9.10.